The van der Waals surface area contributed by atoms with E-state index in [0.29, 0.717) is 47.9 Å². The lowest BCUT2D eigenvalue weighted by Gasteiger charge is -2.31. The first-order chi connectivity index (χ1) is 24.2. The van der Waals surface area contributed by atoms with Crippen molar-refractivity contribution in [2.75, 3.05) is 51.8 Å². The van der Waals surface area contributed by atoms with Crippen molar-refractivity contribution in [2.24, 2.45) is 0 Å². The van der Waals surface area contributed by atoms with Gasteiger partial charge in [0.2, 0.25) is 0 Å². The lowest BCUT2D eigenvalue weighted by Crippen LogP contribution is -2.44. The maximum Gasteiger partial charge on any atom is 0.320 e. The summed E-state index contributed by atoms with van der Waals surface area (Å²) in [5.74, 6) is -1.62. The molecule has 0 radical (unpaired) electrons. The van der Waals surface area contributed by atoms with E-state index in [-0.39, 0.29) is 11.9 Å². The van der Waals surface area contributed by atoms with Crippen LogP contribution in [0.4, 0.5) is 19.4 Å². The Kier molecular flexibility index (Phi) is 11.2. The van der Waals surface area contributed by atoms with E-state index in [1.165, 1.54) is 6.07 Å². The third kappa shape index (κ3) is 8.02. The zero-order valence-corrected chi connectivity index (χ0v) is 28.5. The van der Waals surface area contributed by atoms with Gasteiger partial charge in [0, 0.05) is 56.0 Å². The van der Waals surface area contributed by atoms with Gasteiger partial charge in [0.1, 0.15) is 11.9 Å². The largest absolute Gasteiger partial charge is 0.383 e. The van der Waals surface area contributed by atoms with E-state index >= 15 is 0 Å². The molecule has 2 saturated heterocycles. The number of amides is 3. The topological polar surface area (TPSA) is 113 Å². The number of hydrogen-bond acceptors (Lipinski definition) is 7. The summed E-state index contributed by atoms with van der Waals surface area (Å²) in [5, 5.41) is 15.6. The highest BCUT2D eigenvalue weighted by Gasteiger charge is 2.37. The highest BCUT2D eigenvalue weighted by molar-refractivity contribution is 5.95. The Hall–Kier alpha value is -4.69. The minimum Gasteiger partial charge on any atom is -0.383 e. The van der Waals surface area contributed by atoms with Crippen LogP contribution < -0.4 is 16.0 Å². The quantitative estimate of drug-likeness (QED) is 0.192. The van der Waals surface area contributed by atoms with Gasteiger partial charge in [-0.1, -0.05) is 43.3 Å². The number of methoxy groups -OCH3 is 1. The summed E-state index contributed by atoms with van der Waals surface area (Å²) in [5.41, 5.74) is 3.82. The number of carbonyl (C=O) groups excluding carboxylic acids is 2. The molecule has 2 aliphatic heterocycles. The molecule has 2 atom stereocenters. The van der Waals surface area contributed by atoms with Crippen LogP contribution in [0.25, 0.3) is 16.9 Å². The number of carbonyl (C=O) groups is 2. The van der Waals surface area contributed by atoms with Crippen molar-refractivity contribution in [1.29, 1.82) is 0 Å². The molecule has 2 fully saturated rings. The van der Waals surface area contributed by atoms with Crippen LogP contribution in [0.3, 0.4) is 0 Å². The van der Waals surface area contributed by atoms with E-state index in [0.717, 1.165) is 55.9 Å². The third-order valence-corrected chi connectivity index (χ3v) is 9.31. The monoisotopic (exact) mass is 687 g/mol. The minimum atomic E-state index is -0.999. The molecule has 6 rings (SSSR count). The summed E-state index contributed by atoms with van der Waals surface area (Å²) >= 11 is 0. The summed E-state index contributed by atoms with van der Waals surface area (Å²) in [6.07, 6.45) is 1.11. The second-order valence-corrected chi connectivity index (χ2v) is 12.6. The molecule has 3 aromatic carbocycles. The van der Waals surface area contributed by atoms with E-state index in [4.69, 9.17) is 14.7 Å². The summed E-state index contributed by atoms with van der Waals surface area (Å²) in [6.45, 7) is 8.09. The summed E-state index contributed by atoms with van der Waals surface area (Å²) in [4.78, 5) is 35.1. The fourth-order valence-electron chi connectivity index (χ4n) is 6.46. The average Bonchev–Trinajstić information content (AvgIpc) is 3.69. The predicted molar refractivity (Wildman–Crippen MR) is 186 cm³/mol. The molecular weight excluding hydrogens is 644 g/mol. The molecule has 2 aliphatic rings. The van der Waals surface area contributed by atoms with Crippen molar-refractivity contribution in [2.45, 2.75) is 44.9 Å². The number of nitrogens with one attached hydrogen (secondary N) is 3. The normalized spacial score (nSPS) is 18.7. The second kappa shape index (κ2) is 15.9. The maximum absolute atomic E-state index is 14.2. The molecule has 0 bridgehead atoms. The van der Waals surface area contributed by atoms with Gasteiger partial charge in [-0.05, 0) is 68.3 Å². The zero-order valence-electron chi connectivity index (χ0n) is 28.5. The molecular formula is C37H43F2N7O4. The van der Waals surface area contributed by atoms with Crippen LogP contribution in [0.5, 0.6) is 0 Å². The molecule has 0 saturated carbocycles. The molecule has 50 heavy (non-hydrogen) atoms. The minimum absolute atomic E-state index is 0.101. The van der Waals surface area contributed by atoms with Crippen LogP contribution in [-0.2, 0) is 9.57 Å². The van der Waals surface area contributed by atoms with E-state index in [1.807, 2.05) is 49.4 Å². The van der Waals surface area contributed by atoms with E-state index in [2.05, 4.69) is 27.8 Å². The summed E-state index contributed by atoms with van der Waals surface area (Å²) < 4.78 is 34.8. The van der Waals surface area contributed by atoms with Crippen LogP contribution in [0, 0.1) is 18.6 Å². The fourth-order valence-corrected chi connectivity index (χ4v) is 6.46. The Labute approximate surface area is 290 Å². The number of rotatable bonds is 11. The van der Waals surface area contributed by atoms with Gasteiger partial charge < -0.3 is 20.3 Å². The maximum atomic E-state index is 14.2. The predicted octanol–water partition coefficient (Wildman–Crippen LogP) is 5.47. The van der Waals surface area contributed by atoms with Crippen molar-refractivity contribution < 1.29 is 27.9 Å². The van der Waals surface area contributed by atoms with Gasteiger partial charge in [0.15, 0.2) is 11.6 Å². The number of anilines is 1. The number of piperidine rings is 1. The van der Waals surface area contributed by atoms with Crippen LogP contribution in [0.2, 0.25) is 0 Å². The number of nitrogens with zero attached hydrogens (tertiary/aromatic N) is 4. The number of halogens is 2. The Bertz CT molecular complexity index is 1780. The van der Waals surface area contributed by atoms with Gasteiger partial charge >= 0.3 is 6.03 Å². The highest BCUT2D eigenvalue weighted by Crippen LogP contribution is 2.33. The summed E-state index contributed by atoms with van der Waals surface area (Å²) in [7, 11) is 1.57. The number of hydroxylamine groups is 2. The highest BCUT2D eigenvalue weighted by atomic mass is 19.2. The van der Waals surface area contributed by atoms with Crippen LogP contribution in [0.1, 0.15) is 47.4 Å². The first-order valence-electron chi connectivity index (χ1n) is 17.0. The zero-order chi connectivity index (χ0) is 35.2. The standard InChI is InChI=1S/C37H43F2N7O4/c1-4-44-18-16-28(17-19-44)40-36(47)26-12-10-25(11-13-26)33-24(2)35(46(43-33)29-8-6-5-7-9-29)42-37(48)41-32-23-45(20-21-49-3)50-34(32)27-14-15-30(38)31(39)22-27/h5-15,22,28,32,34H,4,16-21,23H2,1-3H3,(H,40,47)(H2,41,42,48)/t32-,34+/m1/s1. The summed E-state index contributed by atoms with van der Waals surface area (Å²) in [6, 6.07) is 19.3. The van der Waals surface area contributed by atoms with Crippen molar-refractivity contribution in [3.8, 4) is 16.9 Å². The van der Waals surface area contributed by atoms with Crippen molar-refractivity contribution in [3.63, 3.8) is 0 Å². The van der Waals surface area contributed by atoms with Gasteiger partial charge in [0.25, 0.3) is 5.91 Å². The number of benzene rings is 3. The molecule has 0 spiro atoms. The smallest absolute Gasteiger partial charge is 0.320 e. The molecule has 3 amide bonds. The fraction of sp³-hybridized carbons (Fsp3) is 0.378. The van der Waals surface area contributed by atoms with Crippen molar-refractivity contribution in [1.82, 2.24) is 30.4 Å². The molecule has 0 aliphatic carbocycles. The van der Waals surface area contributed by atoms with Gasteiger partial charge in [-0.25, -0.2) is 18.3 Å². The Morgan fingerprint density at radius 1 is 0.980 bits per heavy atom. The molecule has 13 heteroatoms. The number of aromatic nitrogens is 2. The first-order valence-corrected chi connectivity index (χ1v) is 17.0. The molecule has 0 unspecified atom stereocenters. The number of likely N-dealkylation sites (tertiary alicyclic amines) is 1. The van der Waals surface area contributed by atoms with Crippen molar-refractivity contribution in [3.05, 3.63) is 101 Å². The van der Waals surface area contributed by atoms with Crippen LogP contribution in [0.15, 0.2) is 72.8 Å². The van der Waals surface area contributed by atoms with Crippen molar-refractivity contribution >= 4 is 17.8 Å². The molecule has 4 aromatic rings. The third-order valence-electron chi connectivity index (χ3n) is 9.31. The Balaban J connectivity index is 1.21. The lowest BCUT2D eigenvalue weighted by molar-refractivity contribution is -0.154. The molecule has 1 aromatic heterocycles. The average molecular weight is 688 g/mol. The van der Waals surface area contributed by atoms with Gasteiger partial charge in [-0.2, -0.15) is 10.2 Å². The lowest BCUT2D eigenvalue weighted by atomic mass is 10.0. The molecule has 3 N–H and O–H groups in total. The number of para-hydroxylation sites is 1. The SMILES string of the molecule is CCN1CCC(NC(=O)c2ccc(-c3nn(-c4ccccc4)c(NC(=O)N[C@@H]4CN(CCOC)O[C@H]4c4ccc(F)c(F)c4)c3C)cc2)CC1. The van der Waals surface area contributed by atoms with Gasteiger partial charge in [0.05, 0.1) is 24.0 Å². The van der Waals surface area contributed by atoms with E-state index in [1.54, 1.807) is 29.0 Å². The molecule has 3 heterocycles. The number of ether oxygens (including phenoxy) is 1. The molecule has 11 nitrogen and oxygen atoms in total. The molecule has 264 valence electrons. The van der Waals surface area contributed by atoms with Crippen LogP contribution >= 0.6 is 0 Å². The van der Waals surface area contributed by atoms with E-state index in [9.17, 15) is 18.4 Å². The number of hydrogen-bond donors (Lipinski definition) is 3. The van der Waals surface area contributed by atoms with Gasteiger partial charge in [-0.3, -0.25) is 14.9 Å². The Morgan fingerprint density at radius 2 is 1.72 bits per heavy atom. The second-order valence-electron chi connectivity index (χ2n) is 12.6. The van der Waals surface area contributed by atoms with Gasteiger partial charge in [-0.15, -0.1) is 0 Å². The number of urea groups is 1. The Morgan fingerprint density at radius 3 is 2.40 bits per heavy atom. The van der Waals surface area contributed by atoms with Crippen LogP contribution in [-0.4, -0.2) is 90.2 Å². The first kappa shape index (κ1) is 35.1. The van der Waals surface area contributed by atoms with E-state index < -0.39 is 29.8 Å².